The minimum absolute atomic E-state index is 0.423. The molecule has 2 aliphatic rings. The zero-order chi connectivity index (χ0) is 14.3. The van der Waals surface area contributed by atoms with E-state index in [1.165, 1.54) is 43.0 Å². The van der Waals surface area contributed by atoms with Crippen molar-refractivity contribution in [2.45, 2.75) is 25.4 Å². The van der Waals surface area contributed by atoms with E-state index in [2.05, 4.69) is 34.5 Å². The fraction of sp³-hybridized carbons (Fsp3) is 0.647. The SMILES string of the molecule is c1ccc(OC2CCSCC2)c(CCN2CCNCC2)c1. The van der Waals surface area contributed by atoms with Crippen LogP contribution < -0.4 is 10.1 Å². The molecule has 2 aliphatic heterocycles. The zero-order valence-corrected chi connectivity index (χ0v) is 13.5. The molecule has 4 heteroatoms. The van der Waals surface area contributed by atoms with E-state index < -0.39 is 0 Å². The summed E-state index contributed by atoms with van der Waals surface area (Å²) in [5.41, 5.74) is 1.37. The molecule has 2 saturated heterocycles. The molecule has 1 aromatic rings. The third-order valence-electron chi connectivity index (χ3n) is 4.34. The van der Waals surface area contributed by atoms with Gasteiger partial charge in [0.15, 0.2) is 0 Å². The average molecular weight is 306 g/mol. The predicted molar refractivity (Wildman–Crippen MR) is 90.4 cm³/mol. The standard InChI is InChI=1S/C17H26N2OS/c1-2-4-17(20-16-6-13-21-14-7-16)15(3-1)5-10-19-11-8-18-9-12-19/h1-4,16,18H,5-14H2. The monoisotopic (exact) mass is 306 g/mol. The molecule has 116 valence electrons. The highest BCUT2D eigenvalue weighted by molar-refractivity contribution is 7.99. The molecule has 2 fully saturated rings. The smallest absolute Gasteiger partial charge is 0.122 e. The summed E-state index contributed by atoms with van der Waals surface area (Å²) in [6, 6.07) is 8.61. The second kappa shape index (κ2) is 8.06. The second-order valence-electron chi connectivity index (χ2n) is 5.88. The van der Waals surface area contributed by atoms with Crippen LogP contribution in [0.25, 0.3) is 0 Å². The van der Waals surface area contributed by atoms with Crippen molar-refractivity contribution in [3.8, 4) is 5.75 Å². The van der Waals surface area contributed by atoms with Gasteiger partial charge >= 0.3 is 0 Å². The summed E-state index contributed by atoms with van der Waals surface area (Å²) in [5.74, 6) is 3.60. The van der Waals surface area contributed by atoms with Crippen molar-refractivity contribution in [3.05, 3.63) is 29.8 Å². The van der Waals surface area contributed by atoms with Crippen LogP contribution in [0.1, 0.15) is 18.4 Å². The summed E-state index contributed by atoms with van der Waals surface area (Å²) in [6.07, 6.45) is 3.90. The number of benzene rings is 1. The van der Waals surface area contributed by atoms with Crippen LogP contribution in [0.15, 0.2) is 24.3 Å². The Morgan fingerprint density at radius 3 is 2.71 bits per heavy atom. The first kappa shape index (κ1) is 15.2. The summed E-state index contributed by atoms with van der Waals surface area (Å²) in [7, 11) is 0. The highest BCUT2D eigenvalue weighted by Gasteiger charge is 2.17. The Bertz CT molecular complexity index is 429. The molecule has 2 heterocycles. The van der Waals surface area contributed by atoms with Crippen LogP contribution in [0.2, 0.25) is 0 Å². The summed E-state index contributed by atoms with van der Waals surface area (Å²) in [5, 5.41) is 3.41. The van der Waals surface area contributed by atoms with Gasteiger partial charge in [0.05, 0.1) is 0 Å². The quantitative estimate of drug-likeness (QED) is 0.903. The van der Waals surface area contributed by atoms with Crippen molar-refractivity contribution in [1.82, 2.24) is 10.2 Å². The van der Waals surface area contributed by atoms with Gasteiger partial charge in [-0.1, -0.05) is 18.2 Å². The maximum Gasteiger partial charge on any atom is 0.122 e. The molecule has 1 aromatic carbocycles. The number of hydrogen-bond acceptors (Lipinski definition) is 4. The highest BCUT2D eigenvalue weighted by atomic mass is 32.2. The third-order valence-corrected chi connectivity index (χ3v) is 5.39. The van der Waals surface area contributed by atoms with Crippen molar-refractivity contribution in [2.24, 2.45) is 0 Å². The molecule has 0 atom stereocenters. The topological polar surface area (TPSA) is 24.5 Å². The molecule has 0 bridgehead atoms. The first-order chi connectivity index (χ1) is 10.4. The number of hydrogen-bond donors (Lipinski definition) is 1. The van der Waals surface area contributed by atoms with Crippen molar-refractivity contribution in [3.63, 3.8) is 0 Å². The number of para-hydroxylation sites is 1. The van der Waals surface area contributed by atoms with E-state index in [4.69, 9.17) is 4.74 Å². The van der Waals surface area contributed by atoms with Crippen LogP contribution in [0, 0.1) is 0 Å². The lowest BCUT2D eigenvalue weighted by Crippen LogP contribution is -2.44. The van der Waals surface area contributed by atoms with Gasteiger partial charge in [-0.05, 0) is 42.4 Å². The molecule has 0 aliphatic carbocycles. The Morgan fingerprint density at radius 1 is 1.14 bits per heavy atom. The number of piperazine rings is 1. The summed E-state index contributed by atoms with van der Waals surface area (Å²) < 4.78 is 6.28. The summed E-state index contributed by atoms with van der Waals surface area (Å²) >= 11 is 2.05. The van der Waals surface area contributed by atoms with Crippen LogP contribution in [-0.4, -0.2) is 55.2 Å². The van der Waals surface area contributed by atoms with E-state index in [0.29, 0.717) is 6.10 Å². The summed E-state index contributed by atoms with van der Waals surface area (Å²) in [6.45, 7) is 5.73. The minimum atomic E-state index is 0.423. The van der Waals surface area contributed by atoms with Gasteiger partial charge in [-0.25, -0.2) is 0 Å². The largest absolute Gasteiger partial charge is 0.490 e. The molecule has 0 saturated carbocycles. The molecule has 0 radical (unpaired) electrons. The molecule has 3 nitrogen and oxygen atoms in total. The van der Waals surface area contributed by atoms with Gasteiger partial charge in [0.1, 0.15) is 11.9 Å². The maximum atomic E-state index is 6.28. The molecule has 3 rings (SSSR count). The van der Waals surface area contributed by atoms with Gasteiger partial charge in [-0.15, -0.1) is 0 Å². The minimum Gasteiger partial charge on any atom is -0.490 e. The van der Waals surface area contributed by atoms with Gasteiger partial charge in [-0.3, -0.25) is 0 Å². The second-order valence-corrected chi connectivity index (χ2v) is 7.10. The molecule has 0 spiro atoms. The summed E-state index contributed by atoms with van der Waals surface area (Å²) in [4.78, 5) is 2.55. The lowest BCUT2D eigenvalue weighted by Gasteiger charge is -2.28. The van der Waals surface area contributed by atoms with Gasteiger partial charge in [0.2, 0.25) is 0 Å². The average Bonchev–Trinajstić information content (AvgIpc) is 2.56. The number of rotatable bonds is 5. The number of nitrogens with zero attached hydrogens (tertiary/aromatic N) is 1. The van der Waals surface area contributed by atoms with Gasteiger partial charge in [-0.2, -0.15) is 11.8 Å². The van der Waals surface area contributed by atoms with Crippen LogP contribution in [0.4, 0.5) is 0 Å². The molecular weight excluding hydrogens is 280 g/mol. The Hall–Kier alpha value is -0.710. The van der Waals surface area contributed by atoms with Crippen LogP contribution in [0.5, 0.6) is 5.75 Å². The fourth-order valence-corrected chi connectivity index (χ4v) is 4.08. The molecule has 1 N–H and O–H groups in total. The third kappa shape index (κ3) is 4.63. The van der Waals surface area contributed by atoms with E-state index in [9.17, 15) is 0 Å². The van der Waals surface area contributed by atoms with Gasteiger partial charge in [0.25, 0.3) is 0 Å². The van der Waals surface area contributed by atoms with E-state index >= 15 is 0 Å². The molecule has 0 aromatic heterocycles. The Morgan fingerprint density at radius 2 is 1.90 bits per heavy atom. The maximum absolute atomic E-state index is 6.28. The number of thioether (sulfide) groups is 1. The number of nitrogens with one attached hydrogen (secondary N) is 1. The predicted octanol–water partition coefficient (Wildman–Crippen LogP) is 2.41. The van der Waals surface area contributed by atoms with E-state index in [1.807, 2.05) is 11.8 Å². The van der Waals surface area contributed by atoms with Crippen molar-refractivity contribution in [2.75, 3.05) is 44.2 Å². The lowest BCUT2D eigenvalue weighted by atomic mass is 10.1. The van der Waals surface area contributed by atoms with Crippen LogP contribution in [0.3, 0.4) is 0 Å². The molecule has 21 heavy (non-hydrogen) atoms. The van der Waals surface area contributed by atoms with Crippen LogP contribution >= 0.6 is 11.8 Å². The fourth-order valence-electron chi connectivity index (χ4n) is 3.01. The van der Waals surface area contributed by atoms with E-state index in [1.54, 1.807) is 0 Å². The number of ether oxygens (including phenoxy) is 1. The van der Waals surface area contributed by atoms with Crippen molar-refractivity contribution >= 4 is 11.8 Å². The Balaban J connectivity index is 1.56. The Kier molecular flexibility index (Phi) is 5.83. The zero-order valence-electron chi connectivity index (χ0n) is 12.7. The normalized spacial score (nSPS) is 21.3. The lowest BCUT2D eigenvalue weighted by molar-refractivity contribution is 0.189. The van der Waals surface area contributed by atoms with Gasteiger partial charge < -0.3 is 15.0 Å². The molecule has 0 amide bonds. The first-order valence-corrected chi connectivity index (χ1v) is 9.33. The molecular formula is C17H26N2OS. The highest BCUT2D eigenvalue weighted by Crippen LogP contribution is 2.25. The Labute approximate surface area is 132 Å². The van der Waals surface area contributed by atoms with E-state index in [-0.39, 0.29) is 0 Å². The molecule has 0 unspecified atom stereocenters. The van der Waals surface area contributed by atoms with Gasteiger partial charge in [0, 0.05) is 32.7 Å². The van der Waals surface area contributed by atoms with E-state index in [0.717, 1.165) is 31.8 Å². The van der Waals surface area contributed by atoms with Crippen molar-refractivity contribution < 1.29 is 4.74 Å². The first-order valence-electron chi connectivity index (χ1n) is 8.17. The van der Waals surface area contributed by atoms with Crippen LogP contribution in [-0.2, 0) is 6.42 Å². The van der Waals surface area contributed by atoms with Crippen molar-refractivity contribution in [1.29, 1.82) is 0 Å².